The van der Waals surface area contributed by atoms with E-state index >= 15 is 0 Å². The summed E-state index contributed by atoms with van der Waals surface area (Å²) in [6.45, 7) is 2.20. The summed E-state index contributed by atoms with van der Waals surface area (Å²) < 4.78 is 70.1. The van der Waals surface area contributed by atoms with E-state index < -0.39 is 39.2 Å². The number of nitrogens with one attached hydrogen (secondary N) is 1. The van der Waals surface area contributed by atoms with E-state index in [9.17, 15) is 26.4 Å². The van der Waals surface area contributed by atoms with Gasteiger partial charge in [-0.3, -0.25) is 9.10 Å². The van der Waals surface area contributed by atoms with Gasteiger partial charge >= 0.3 is 6.18 Å². The molecular weight excluding hydrogens is 481 g/mol. The summed E-state index contributed by atoms with van der Waals surface area (Å²) in [5.74, 6) is 0.136. The first-order valence-electron chi connectivity index (χ1n) is 10.2. The highest BCUT2D eigenvalue weighted by Gasteiger charge is 2.34. The molecule has 1 amide bonds. The summed E-state index contributed by atoms with van der Waals surface area (Å²) in [4.78, 5) is 12.4. The first kappa shape index (κ1) is 26.8. The van der Waals surface area contributed by atoms with Crippen molar-refractivity contribution in [2.45, 2.75) is 32.4 Å². The van der Waals surface area contributed by atoms with Gasteiger partial charge in [-0.1, -0.05) is 36.7 Å². The number of carbonyl (C=O) groups is 1. The predicted molar refractivity (Wildman–Crippen MR) is 122 cm³/mol. The molecule has 2 aromatic rings. The molecule has 0 fully saturated rings. The molecule has 1 N–H and O–H groups in total. The second kappa shape index (κ2) is 11.6. The number of alkyl halides is 3. The van der Waals surface area contributed by atoms with Gasteiger partial charge < -0.3 is 10.1 Å². The van der Waals surface area contributed by atoms with E-state index in [-0.39, 0.29) is 12.2 Å². The van der Waals surface area contributed by atoms with Crippen molar-refractivity contribution in [2.75, 3.05) is 30.3 Å². The fraction of sp³-hybridized carbons (Fsp3) is 0.409. The van der Waals surface area contributed by atoms with Crippen LogP contribution < -0.4 is 14.4 Å². The van der Waals surface area contributed by atoms with E-state index in [1.807, 2.05) is 31.2 Å². The van der Waals surface area contributed by atoms with Crippen molar-refractivity contribution in [1.82, 2.24) is 5.32 Å². The molecule has 0 aliphatic heterocycles. The van der Waals surface area contributed by atoms with Gasteiger partial charge in [-0.25, -0.2) is 8.42 Å². The summed E-state index contributed by atoms with van der Waals surface area (Å²) in [6.07, 6.45) is -1.89. The molecule has 0 atom stereocenters. The number of amides is 1. The van der Waals surface area contributed by atoms with E-state index in [4.69, 9.17) is 16.3 Å². The molecule has 182 valence electrons. The van der Waals surface area contributed by atoms with E-state index in [1.54, 1.807) is 0 Å². The van der Waals surface area contributed by atoms with Crippen molar-refractivity contribution in [2.24, 2.45) is 0 Å². The minimum atomic E-state index is -4.77. The third-order valence-corrected chi connectivity index (χ3v) is 6.08. The van der Waals surface area contributed by atoms with Crippen LogP contribution in [-0.4, -0.2) is 40.3 Å². The molecule has 0 heterocycles. The first-order valence-corrected chi connectivity index (χ1v) is 12.5. The van der Waals surface area contributed by atoms with Crippen molar-refractivity contribution in [1.29, 1.82) is 0 Å². The highest BCUT2D eigenvalue weighted by molar-refractivity contribution is 7.92. The Labute approximate surface area is 196 Å². The van der Waals surface area contributed by atoms with Crippen LogP contribution in [-0.2, 0) is 27.4 Å². The van der Waals surface area contributed by atoms with Crippen LogP contribution in [0.4, 0.5) is 18.9 Å². The van der Waals surface area contributed by atoms with Gasteiger partial charge in [0.1, 0.15) is 12.3 Å². The highest BCUT2D eigenvalue weighted by Crippen LogP contribution is 2.37. The van der Waals surface area contributed by atoms with Crippen LogP contribution in [0.15, 0.2) is 42.5 Å². The normalized spacial score (nSPS) is 11.8. The second-order valence-corrected chi connectivity index (χ2v) is 9.66. The molecular formula is C22H26ClF3N2O4S. The van der Waals surface area contributed by atoms with Crippen LogP contribution >= 0.6 is 11.6 Å². The number of aryl methyl sites for hydroxylation is 1. The highest BCUT2D eigenvalue weighted by atomic mass is 35.5. The lowest BCUT2D eigenvalue weighted by Gasteiger charge is -2.23. The van der Waals surface area contributed by atoms with Crippen LogP contribution in [0.3, 0.4) is 0 Å². The van der Waals surface area contributed by atoms with Crippen LogP contribution in [0.25, 0.3) is 0 Å². The fourth-order valence-electron chi connectivity index (χ4n) is 3.04. The van der Waals surface area contributed by atoms with E-state index in [0.29, 0.717) is 29.8 Å². The van der Waals surface area contributed by atoms with Gasteiger partial charge in [-0.2, -0.15) is 13.2 Å². The Kier molecular flexibility index (Phi) is 9.42. The lowest BCUT2D eigenvalue weighted by atomic mass is 10.1. The lowest BCUT2D eigenvalue weighted by Crippen LogP contribution is -2.40. The molecule has 11 heteroatoms. The Hall–Kier alpha value is -2.46. The predicted octanol–water partition coefficient (Wildman–Crippen LogP) is 4.66. The van der Waals surface area contributed by atoms with Crippen molar-refractivity contribution < 1.29 is 31.1 Å². The van der Waals surface area contributed by atoms with E-state index in [0.717, 1.165) is 36.1 Å². The van der Waals surface area contributed by atoms with Crippen molar-refractivity contribution >= 4 is 33.2 Å². The van der Waals surface area contributed by atoms with Gasteiger partial charge in [-0.15, -0.1) is 0 Å². The quantitative estimate of drug-likeness (QED) is 0.450. The molecule has 0 aliphatic rings. The zero-order chi connectivity index (χ0) is 24.6. The topological polar surface area (TPSA) is 75.7 Å². The van der Waals surface area contributed by atoms with Gasteiger partial charge in [0.2, 0.25) is 15.9 Å². The average molecular weight is 507 g/mol. The van der Waals surface area contributed by atoms with Gasteiger partial charge in [0.25, 0.3) is 0 Å². The fourth-order valence-corrected chi connectivity index (χ4v) is 4.11. The Morgan fingerprint density at radius 3 is 2.52 bits per heavy atom. The van der Waals surface area contributed by atoms with Gasteiger partial charge in [-0.05, 0) is 49.1 Å². The zero-order valence-corrected chi connectivity index (χ0v) is 19.9. The molecule has 0 radical (unpaired) electrons. The number of halogens is 4. The lowest BCUT2D eigenvalue weighted by molar-refractivity contribution is -0.137. The summed E-state index contributed by atoms with van der Waals surface area (Å²) in [5.41, 5.74) is -0.495. The summed E-state index contributed by atoms with van der Waals surface area (Å²) >= 11 is 5.60. The largest absolute Gasteiger partial charge is 0.493 e. The number of hydrogen-bond donors (Lipinski definition) is 1. The van der Waals surface area contributed by atoms with Crippen LogP contribution in [0.5, 0.6) is 5.75 Å². The number of nitrogens with zero attached hydrogens (tertiary/aromatic N) is 1. The molecule has 0 saturated heterocycles. The second-order valence-electron chi connectivity index (χ2n) is 7.34. The molecule has 0 saturated carbocycles. The molecule has 0 aliphatic carbocycles. The Balaban J connectivity index is 2.01. The maximum atomic E-state index is 13.2. The number of para-hydroxylation sites is 1. The minimum absolute atomic E-state index is 0.257. The van der Waals surface area contributed by atoms with Gasteiger partial charge in [0.05, 0.1) is 29.1 Å². The summed E-state index contributed by atoms with van der Waals surface area (Å²) in [6, 6.07) is 10.2. The Morgan fingerprint density at radius 1 is 1.18 bits per heavy atom. The van der Waals surface area contributed by atoms with Crippen molar-refractivity contribution in [3.8, 4) is 5.75 Å². The van der Waals surface area contributed by atoms with Crippen molar-refractivity contribution in [3.05, 3.63) is 58.6 Å². The summed E-state index contributed by atoms with van der Waals surface area (Å²) in [7, 11) is -4.03. The molecule has 0 bridgehead atoms. The average Bonchev–Trinajstić information content (AvgIpc) is 2.73. The smallest absolute Gasteiger partial charge is 0.417 e. The van der Waals surface area contributed by atoms with Crippen molar-refractivity contribution in [3.63, 3.8) is 0 Å². The minimum Gasteiger partial charge on any atom is -0.493 e. The van der Waals surface area contributed by atoms with E-state index in [1.165, 1.54) is 0 Å². The molecule has 0 aromatic heterocycles. The monoisotopic (exact) mass is 506 g/mol. The van der Waals surface area contributed by atoms with Crippen LogP contribution in [0, 0.1) is 0 Å². The number of sulfonamides is 1. The van der Waals surface area contributed by atoms with Crippen LogP contribution in [0.1, 0.15) is 30.9 Å². The number of ether oxygens (including phenoxy) is 1. The molecule has 0 spiro atoms. The van der Waals surface area contributed by atoms with Gasteiger partial charge in [0.15, 0.2) is 0 Å². The molecule has 0 unspecified atom stereocenters. The van der Waals surface area contributed by atoms with E-state index in [2.05, 4.69) is 5.32 Å². The maximum Gasteiger partial charge on any atom is 0.417 e. The Bertz CT molecular complexity index is 1060. The maximum absolute atomic E-state index is 13.2. The molecule has 6 nitrogen and oxygen atoms in total. The SMILES string of the molecule is CCCOc1ccccc1CCCNC(=O)CN(c1ccc(Cl)c(C(F)(F)F)c1)S(C)(=O)=O. The zero-order valence-electron chi connectivity index (χ0n) is 18.3. The standard InChI is InChI=1S/C22H26ClF3N2O4S/c1-3-13-32-20-9-5-4-7-16(20)8-6-12-27-21(29)15-28(33(2,30)31)17-10-11-19(23)18(14-17)22(24,25)26/h4-5,7,9-11,14H,3,6,8,12-13,15H2,1-2H3,(H,27,29). The molecule has 2 aromatic carbocycles. The molecule has 33 heavy (non-hydrogen) atoms. The number of hydrogen-bond acceptors (Lipinski definition) is 4. The third kappa shape index (κ3) is 8.12. The Morgan fingerprint density at radius 2 is 1.88 bits per heavy atom. The number of benzene rings is 2. The third-order valence-electron chi connectivity index (χ3n) is 4.61. The number of rotatable bonds is 11. The number of carbonyl (C=O) groups excluding carboxylic acids is 1. The summed E-state index contributed by atoms with van der Waals surface area (Å²) in [5, 5.41) is 2.05. The van der Waals surface area contributed by atoms with Crippen LogP contribution in [0.2, 0.25) is 5.02 Å². The molecule has 2 rings (SSSR count). The first-order chi connectivity index (χ1) is 15.4. The van der Waals surface area contributed by atoms with Gasteiger partial charge in [0, 0.05) is 6.54 Å². The number of anilines is 1.